The van der Waals surface area contributed by atoms with Crippen LogP contribution in [0.25, 0.3) is 0 Å². The Kier molecular flexibility index (Phi) is 4.72. The average molecular weight is 270 g/mol. The van der Waals surface area contributed by atoms with Crippen molar-refractivity contribution in [1.82, 2.24) is 0 Å². The number of amides is 1. The molecule has 1 aromatic heterocycles. The average Bonchev–Trinajstić information content (AvgIpc) is 2.54. The number of carbonyl (C=O) groups excluding carboxylic acids is 2. The molecule has 6 heteroatoms. The predicted octanol–water partition coefficient (Wildman–Crippen LogP) is 1.80. The first-order valence-electron chi connectivity index (χ1n) is 5.76. The van der Waals surface area contributed by atoms with Gasteiger partial charge in [0.15, 0.2) is 0 Å². The van der Waals surface area contributed by atoms with Crippen LogP contribution >= 0.6 is 11.3 Å². The van der Waals surface area contributed by atoms with Crippen LogP contribution in [0.2, 0.25) is 0 Å². The molecule has 0 fully saturated rings. The topological polar surface area (TPSA) is 95.4 Å². The molecular formula is C12H18N2O3S. The van der Waals surface area contributed by atoms with E-state index >= 15 is 0 Å². The van der Waals surface area contributed by atoms with Gasteiger partial charge in [-0.25, -0.2) is 4.79 Å². The van der Waals surface area contributed by atoms with Gasteiger partial charge in [-0.05, 0) is 24.8 Å². The van der Waals surface area contributed by atoms with Crippen molar-refractivity contribution in [2.75, 3.05) is 12.3 Å². The van der Waals surface area contributed by atoms with Gasteiger partial charge in [0, 0.05) is 0 Å². The number of hydrogen-bond acceptors (Lipinski definition) is 5. The maximum atomic E-state index is 11.8. The van der Waals surface area contributed by atoms with Crippen LogP contribution < -0.4 is 11.5 Å². The predicted molar refractivity (Wildman–Crippen MR) is 71.7 cm³/mol. The molecule has 0 unspecified atom stereocenters. The molecule has 0 aromatic carbocycles. The quantitative estimate of drug-likeness (QED) is 0.797. The third-order valence-electron chi connectivity index (χ3n) is 2.35. The third-order valence-corrected chi connectivity index (χ3v) is 3.40. The van der Waals surface area contributed by atoms with Crippen LogP contribution in [0.15, 0.2) is 0 Å². The maximum absolute atomic E-state index is 11.8. The zero-order valence-electron chi connectivity index (χ0n) is 10.8. The van der Waals surface area contributed by atoms with Gasteiger partial charge in [0.25, 0.3) is 5.91 Å². The molecule has 18 heavy (non-hydrogen) atoms. The summed E-state index contributed by atoms with van der Waals surface area (Å²) < 4.78 is 4.96. The van der Waals surface area contributed by atoms with Gasteiger partial charge in [0.1, 0.15) is 4.88 Å². The van der Waals surface area contributed by atoms with Gasteiger partial charge in [-0.1, -0.05) is 13.8 Å². The highest BCUT2D eigenvalue weighted by atomic mass is 32.1. The molecule has 0 aliphatic carbocycles. The van der Waals surface area contributed by atoms with E-state index in [1.165, 1.54) is 0 Å². The summed E-state index contributed by atoms with van der Waals surface area (Å²) in [4.78, 5) is 23.6. The van der Waals surface area contributed by atoms with Crippen molar-refractivity contribution in [2.45, 2.75) is 27.2 Å². The maximum Gasteiger partial charge on any atom is 0.348 e. The van der Waals surface area contributed by atoms with E-state index in [0.717, 1.165) is 11.3 Å². The van der Waals surface area contributed by atoms with Crippen molar-refractivity contribution in [1.29, 1.82) is 0 Å². The molecule has 1 heterocycles. The zero-order chi connectivity index (χ0) is 13.9. The van der Waals surface area contributed by atoms with Gasteiger partial charge >= 0.3 is 5.97 Å². The molecule has 0 saturated carbocycles. The highest BCUT2D eigenvalue weighted by Crippen LogP contribution is 2.33. The highest BCUT2D eigenvalue weighted by molar-refractivity contribution is 7.18. The number of esters is 1. The smallest absolute Gasteiger partial charge is 0.348 e. The first-order valence-corrected chi connectivity index (χ1v) is 6.58. The summed E-state index contributed by atoms with van der Waals surface area (Å²) in [5.74, 6) is -0.766. The Morgan fingerprint density at radius 1 is 1.39 bits per heavy atom. The summed E-state index contributed by atoms with van der Waals surface area (Å²) in [7, 11) is 0. The molecule has 0 spiro atoms. The largest absolute Gasteiger partial charge is 0.462 e. The molecular weight excluding hydrogens is 252 g/mol. The van der Waals surface area contributed by atoms with Crippen molar-refractivity contribution in [3.8, 4) is 0 Å². The Balaban J connectivity index is 3.29. The van der Waals surface area contributed by atoms with Crippen molar-refractivity contribution in [3.05, 3.63) is 16.0 Å². The number of primary amides is 1. The van der Waals surface area contributed by atoms with Crippen LogP contribution in [0.3, 0.4) is 0 Å². The minimum absolute atomic E-state index is 0.261. The number of nitrogens with two attached hydrogens (primary N) is 2. The summed E-state index contributed by atoms with van der Waals surface area (Å²) in [6.45, 7) is 6.00. The molecule has 0 bridgehead atoms. The first-order chi connectivity index (χ1) is 8.38. The van der Waals surface area contributed by atoms with E-state index in [0.29, 0.717) is 16.9 Å². The fourth-order valence-corrected chi connectivity index (χ4v) is 2.72. The lowest BCUT2D eigenvalue weighted by molar-refractivity contribution is 0.0531. The lowest BCUT2D eigenvalue weighted by Gasteiger charge is -2.08. The van der Waals surface area contributed by atoms with E-state index in [1.54, 1.807) is 6.92 Å². The molecule has 100 valence electrons. The van der Waals surface area contributed by atoms with Crippen LogP contribution in [-0.4, -0.2) is 18.5 Å². The molecule has 0 aliphatic rings. The summed E-state index contributed by atoms with van der Waals surface area (Å²) >= 11 is 1.06. The van der Waals surface area contributed by atoms with Crippen LogP contribution in [0.5, 0.6) is 0 Å². The lowest BCUT2D eigenvalue weighted by Crippen LogP contribution is -2.16. The molecule has 0 atom stereocenters. The van der Waals surface area contributed by atoms with E-state index in [2.05, 4.69) is 0 Å². The van der Waals surface area contributed by atoms with Crippen LogP contribution in [-0.2, 0) is 11.2 Å². The van der Waals surface area contributed by atoms with E-state index in [4.69, 9.17) is 16.2 Å². The van der Waals surface area contributed by atoms with Gasteiger partial charge in [-0.3, -0.25) is 4.79 Å². The molecule has 0 saturated heterocycles. The van der Waals surface area contributed by atoms with E-state index < -0.39 is 11.9 Å². The molecule has 1 amide bonds. The van der Waals surface area contributed by atoms with Gasteiger partial charge in [-0.15, -0.1) is 11.3 Å². The summed E-state index contributed by atoms with van der Waals surface area (Å²) in [6, 6.07) is 0. The van der Waals surface area contributed by atoms with Crippen molar-refractivity contribution in [3.63, 3.8) is 0 Å². The number of anilines is 1. The summed E-state index contributed by atoms with van der Waals surface area (Å²) in [5.41, 5.74) is 11.9. The third kappa shape index (κ3) is 3.01. The van der Waals surface area contributed by atoms with Gasteiger partial charge < -0.3 is 16.2 Å². The monoisotopic (exact) mass is 270 g/mol. The number of ether oxygens (including phenoxy) is 1. The Hall–Kier alpha value is -1.56. The van der Waals surface area contributed by atoms with E-state index in [-0.39, 0.29) is 23.1 Å². The number of nitrogen functional groups attached to an aromatic ring is 1. The zero-order valence-corrected chi connectivity index (χ0v) is 11.6. The van der Waals surface area contributed by atoms with E-state index in [1.807, 2.05) is 13.8 Å². The SMILES string of the molecule is CCOC(=O)c1sc(N)c(C(N)=O)c1CC(C)C. The minimum Gasteiger partial charge on any atom is -0.462 e. The van der Waals surface area contributed by atoms with Gasteiger partial charge in [0.2, 0.25) is 0 Å². The summed E-state index contributed by atoms with van der Waals surface area (Å²) in [6.07, 6.45) is 0.570. The van der Waals surface area contributed by atoms with Crippen molar-refractivity contribution in [2.24, 2.45) is 11.7 Å². The number of thiophene rings is 1. The second kappa shape index (κ2) is 5.86. The van der Waals surface area contributed by atoms with Crippen molar-refractivity contribution < 1.29 is 14.3 Å². The molecule has 4 N–H and O–H groups in total. The van der Waals surface area contributed by atoms with Crippen LogP contribution in [0.1, 0.15) is 46.4 Å². The Morgan fingerprint density at radius 3 is 2.44 bits per heavy atom. The number of carbonyl (C=O) groups is 2. The molecule has 1 aromatic rings. The van der Waals surface area contributed by atoms with Gasteiger partial charge in [0.05, 0.1) is 17.2 Å². The summed E-state index contributed by atoms with van der Waals surface area (Å²) in [5, 5.41) is 0.279. The number of rotatable bonds is 5. The highest BCUT2D eigenvalue weighted by Gasteiger charge is 2.25. The number of hydrogen-bond donors (Lipinski definition) is 2. The Labute approximate surface area is 110 Å². The minimum atomic E-state index is -0.602. The molecule has 0 aliphatic heterocycles. The molecule has 1 rings (SSSR count). The molecule has 0 radical (unpaired) electrons. The Morgan fingerprint density at radius 2 is 2.00 bits per heavy atom. The van der Waals surface area contributed by atoms with Crippen LogP contribution in [0, 0.1) is 5.92 Å². The fourth-order valence-electron chi connectivity index (χ4n) is 1.72. The molecule has 5 nitrogen and oxygen atoms in total. The van der Waals surface area contributed by atoms with Crippen LogP contribution in [0.4, 0.5) is 5.00 Å². The second-order valence-electron chi connectivity index (χ2n) is 4.33. The van der Waals surface area contributed by atoms with Crippen molar-refractivity contribution >= 4 is 28.2 Å². The van der Waals surface area contributed by atoms with E-state index in [9.17, 15) is 9.59 Å². The van der Waals surface area contributed by atoms with Gasteiger partial charge in [-0.2, -0.15) is 0 Å². The second-order valence-corrected chi connectivity index (χ2v) is 5.38. The standard InChI is InChI=1S/C12H18N2O3S/c1-4-17-12(16)9-7(5-6(2)3)8(10(13)15)11(14)18-9/h6H,4-5,14H2,1-3H3,(H2,13,15). The normalized spacial score (nSPS) is 10.7. The first kappa shape index (κ1) is 14.5. The fraction of sp³-hybridized carbons (Fsp3) is 0.500. The lowest BCUT2D eigenvalue weighted by atomic mass is 9.99. The Bertz CT molecular complexity index is 466.